The number of likely N-dealkylation sites (tertiary alicyclic amines) is 1. The summed E-state index contributed by atoms with van der Waals surface area (Å²) in [4.78, 5) is 2.43. The molecule has 1 aliphatic rings. The number of hydrogen-bond acceptors (Lipinski definition) is 4. The quantitative estimate of drug-likeness (QED) is 0.787. The number of methoxy groups -OCH3 is 1. The molecule has 0 bridgehead atoms. The molecule has 1 fully saturated rings. The average Bonchev–Trinajstić information content (AvgIpc) is 2.29. The molecule has 4 nitrogen and oxygen atoms in total. The van der Waals surface area contributed by atoms with Crippen molar-refractivity contribution in [2.75, 3.05) is 33.4 Å². The molecule has 0 radical (unpaired) electrons. The Hall–Kier alpha value is 0.130. The first-order valence-corrected chi connectivity index (χ1v) is 6.25. The molecule has 1 heterocycles. The number of piperidine rings is 1. The summed E-state index contributed by atoms with van der Waals surface area (Å²) in [6, 6.07) is 0.453. The molecule has 104 valence electrons. The van der Waals surface area contributed by atoms with Crippen LogP contribution < -0.4 is 5.73 Å². The van der Waals surface area contributed by atoms with Gasteiger partial charge >= 0.3 is 0 Å². The fraction of sp³-hybridized carbons (Fsp3) is 1.00. The largest absolute Gasteiger partial charge is 0.381 e. The molecular formula is C12H27ClN2O2. The number of nitrogens with zero attached hydrogens (tertiary/aromatic N) is 1. The molecule has 0 aliphatic carbocycles. The van der Waals surface area contributed by atoms with Gasteiger partial charge in [-0.05, 0) is 26.7 Å². The zero-order valence-corrected chi connectivity index (χ0v) is 12.0. The first-order valence-electron chi connectivity index (χ1n) is 6.25. The van der Waals surface area contributed by atoms with Crippen molar-refractivity contribution in [2.24, 2.45) is 5.73 Å². The van der Waals surface area contributed by atoms with E-state index in [1.165, 1.54) is 0 Å². The van der Waals surface area contributed by atoms with Crippen molar-refractivity contribution in [2.45, 2.75) is 44.9 Å². The van der Waals surface area contributed by atoms with E-state index in [4.69, 9.17) is 15.2 Å². The Morgan fingerprint density at radius 2 is 2.12 bits per heavy atom. The van der Waals surface area contributed by atoms with Gasteiger partial charge in [0.1, 0.15) is 0 Å². The first-order chi connectivity index (χ1) is 7.67. The third-order valence-electron chi connectivity index (χ3n) is 3.22. The van der Waals surface area contributed by atoms with E-state index in [0.717, 1.165) is 32.5 Å². The van der Waals surface area contributed by atoms with Gasteiger partial charge in [-0.3, -0.25) is 4.90 Å². The van der Waals surface area contributed by atoms with Crippen molar-refractivity contribution in [3.05, 3.63) is 0 Å². The van der Waals surface area contributed by atoms with Gasteiger partial charge in [-0.1, -0.05) is 0 Å². The molecule has 1 rings (SSSR count). The summed E-state index contributed by atoms with van der Waals surface area (Å²) < 4.78 is 11.0. The third kappa shape index (κ3) is 6.02. The molecule has 17 heavy (non-hydrogen) atoms. The third-order valence-corrected chi connectivity index (χ3v) is 3.22. The van der Waals surface area contributed by atoms with Crippen molar-refractivity contribution >= 4 is 12.4 Å². The predicted octanol–water partition coefficient (Wildman–Crippen LogP) is 1.27. The molecule has 0 aromatic heterocycles. The molecule has 2 N–H and O–H groups in total. The van der Waals surface area contributed by atoms with Crippen molar-refractivity contribution in [1.29, 1.82) is 0 Å². The second kappa shape index (κ2) is 9.11. The standard InChI is InChI=1S/C12H26N2O2.ClH/c1-10(2)16-7-6-14-5-4-12(15-3)8-11(14)9-13;/h10-12H,4-9,13H2,1-3H3;1H. The fourth-order valence-electron chi connectivity index (χ4n) is 2.22. The summed E-state index contributed by atoms with van der Waals surface area (Å²) >= 11 is 0. The molecule has 2 atom stereocenters. The molecule has 2 unspecified atom stereocenters. The van der Waals surface area contributed by atoms with E-state index in [9.17, 15) is 0 Å². The highest BCUT2D eigenvalue weighted by Crippen LogP contribution is 2.18. The summed E-state index contributed by atoms with van der Waals surface area (Å²) in [6.45, 7) is 7.70. The molecule has 0 aromatic carbocycles. The summed E-state index contributed by atoms with van der Waals surface area (Å²) in [7, 11) is 1.79. The normalized spacial score (nSPS) is 25.9. The lowest BCUT2D eigenvalue weighted by molar-refractivity contribution is -0.00603. The highest BCUT2D eigenvalue weighted by atomic mass is 35.5. The van der Waals surface area contributed by atoms with E-state index >= 15 is 0 Å². The van der Waals surface area contributed by atoms with E-state index in [0.29, 0.717) is 24.8 Å². The van der Waals surface area contributed by atoms with E-state index in [2.05, 4.69) is 18.7 Å². The minimum absolute atomic E-state index is 0. The average molecular weight is 267 g/mol. The zero-order chi connectivity index (χ0) is 12.0. The molecule has 0 aromatic rings. The van der Waals surface area contributed by atoms with E-state index in [1.807, 2.05) is 0 Å². The van der Waals surface area contributed by atoms with Crippen LogP contribution in [-0.2, 0) is 9.47 Å². The van der Waals surface area contributed by atoms with Crippen molar-refractivity contribution in [3.63, 3.8) is 0 Å². The Kier molecular flexibility index (Phi) is 9.18. The molecule has 1 aliphatic heterocycles. The van der Waals surface area contributed by atoms with Gasteiger partial charge in [-0.15, -0.1) is 12.4 Å². The Balaban J connectivity index is 0.00000256. The first kappa shape index (κ1) is 17.1. The highest BCUT2D eigenvalue weighted by Gasteiger charge is 2.26. The maximum absolute atomic E-state index is 5.80. The van der Waals surface area contributed by atoms with Crippen LogP contribution in [0, 0.1) is 0 Å². The molecule has 0 amide bonds. The van der Waals surface area contributed by atoms with Gasteiger partial charge in [0.05, 0.1) is 18.8 Å². The van der Waals surface area contributed by atoms with Gasteiger partial charge in [0, 0.05) is 32.8 Å². The van der Waals surface area contributed by atoms with Crippen LogP contribution in [0.5, 0.6) is 0 Å². The van der Waals surface area contributed by atoms with Gasteiger partial charge in [0.25, 0.3) is 0 Å². The van der Waals surface area contributed by atoms with Gasteiger partial charge in [0.2, 0.25) is 0 Å². The zero-order valence-electron chi connectivity index (χ0n) is 11.2. The van der Waals surface area contributed by atoms with Gasteiger partial charge in [-0.2, -0.15) is 0 Å². The highest BCUT2D eigenvalue weighted by molar-refractivity contribution is 5.85. The van der Waals surface area contributed by atoms with E-state index in [1.54, 1.807) is 7.11 Å². The van der Waals surface area contributed by atoms with E-state index in [-0.39, 0.29) is 12.4 Å². The van der Waals surface area contributed by atoms with Crippen LogP contribution >= 0.6 is 12.4 Å². The second-order valence-corrected chi connectivity index (χ2v) is 4.73. The lowest BCUT2D eigenvalue weighted by atomic mass is 9.99. The van der Waals surface area contributed by atoms with Gasteiger partial charge in [-0.25, -0.2) is 0 Å². The SMILES string of the molecule is COC1CCN(CCOC(C)C)C(CN)C1.Cl. The summed E-state index contributed by atoms with van der Waals surface area (Å²) in [5, 5.41) is 0. The van der Waals surface area contributed by atoms with Crippen LogP contribution in [0.2, 0.25) is 0 Å². The number of ether oxygens (including phenoxy) is 2. The Morgan fingerprint density at radius 3 is 2.65 bits per heavy atom. The molecule has 0 spiro atoms. The van der Waals surface area contributed by atoms with Gasteiger partial charge < -0.3 is 15.2 Å². The summed E-state index contributed by atoms with van der Waals surface area (Å²) in [5.74, 6) is 0. The number of nitrogens with two attached hydrogens (primary N) is 1. The smallest absolute Gasteiger partial charge is 0.0599 e. The van der Waals surface area contributed by atoms with Crippen molar-refractivity contribution in [3.8, 4) is 0 Å². The van der Waals surface area contributed by atoms with Crippen molar-refractivity contribution in [1.82, 2.24) is 4.90 Å². The lowest BCUT2D eigenvalue weighted by Gasteiger charge is -2.38. The topological polar surface area (TPSA) is 47.7 Å². The fourth-order valence-corrected chi connectivity index (χ4v) is 2.22. The second-order valence-electron chi connectivity index (χ2n) is 4.73. The molecule has 0 saturated carbocycles. The summed E-state index contributed by atoms with van der Waals surface area (Å²) in [6.07, 6.45) is 2.85. The van der Waals surface area contributed by atoms with Crippen molar-refractivity contribution < 1.29 is 9.47 Å². The van der Waals surface area contributed by atoms with E-state index < -0.39 is 0 Å². The Morgan fingerprint density at radius 1 is 1.41 bits per heavy atom. The number of rotatable bonds is 6. The number of hydrogen-bond donors (Lipinski definition) is 1. The van der Waals surface area contributed by atoms with Crippen LogP contribution in [0.1, 0.15) is 26.7 Å². The maximum Gasteiger partial charge on any atom is 0.0599 e. The Labute approximate surface area is 111 Å². The van der Waals surface area contributed by atoms with Crippen LogP contribution in [0.15, 0.2) is 0 Å². The Bertz CT molecular complexity index is 193. The lowest BCUT2D eigenvalue weighted by Crippen LogP contribution is -2.49. The monoisotopic (exact) mass is 266 g/mol. The molecule has 1 saturated heterocycles. The predicted molar refractivity (Wildman–Crippen MR) is 72.8 cm³/mol. The molecular weight excluding hydrogens is 240 g/mol. The van der Waals surface area contributed by atoms with Crippen LogP contribution in [0.3, 0.4) is 0 Å². The van der Waals surface area contributed by atoms with Gasteiger partial charge in [0.15, 0.2) is 0 Å². The van der Waals surface area contributed by atoms with Crippen LogP contribution in [-0.4, -0.2) is 56.5 Å². The molecule has 5 heteroatoms. The van der Waals surface area contributed by atoms with Crippen LogP contribution in [0.4, 0.5) is 0 Å². The minimum atomic E-state index is 0. The van der Waals surface area contributed by atoms with Crippen LogP contribution in [0.25, 0.3) is 0 Å². The summed E-state index contributed by atoms with van der Waals surface area (Å²) in [5.41, 5.74) is 5.80. The maximum atomic E-state index is 5.80. The minimum Gasteiger partial charge on any atom is -0.381 e. The number of halogens is 1.